The summed E-state index contributed by atoms with van der Waals surface area (Å²) in [5.41, 5.74) is -4.10. The van der Waals surface area contributed by atoms with Crippen molar-refractivity contribution in [2.75, 3.05) is 24.7 Å². The number of thioether (sulfide) groups is 1. The van der Waals surface area contributed by atoms with Gasteiger partial charge in [0.2, 0.25) is 0 Å². The molecule has 0 aliphatic heterocycles. The van der Waals surface area contributed by atoms with E-state index >= 15 is 0 Å². The van der Waals surface area contributed by atoms with E-state index in [9.17, 15) is 13.2 Å². The highest BCUT2D eigenvalue weighted by atomic mass is 79.9. The van der Waals surface area contributed by atoms with E-state index in [2.05, 4.69) is 15.9 Å². The van der Waals surface area contributed by atoms with Crippen LogP contribution in [0.25, 0.3) is 0 Å². The van der Waals surface area contributed by atoms with Gasteiger partial charge < -0.3 is 4.90 Å². The zero-order valence-electron chi connectivity index (χ0n) is 7.57. The van der Waals surface area contributed by atoms with Crippen LogP contribution < -0.4 is 0 Å². The highest BCUT2D eigenvalue weighted by Gasteiger charge is 2.27. The molecule has 0 aromatic rings. The van der Waals surface area contributed by atoms with Crippen LogP contribution in [0.3, 0.4) is 0 Å². The molecule has 0 aromatic carbocycles. The van der Waals surface area contributed by atoms with Gasteiger partial charge in [-0.25, -0.2) is 0 Å². The molecule has 0 spiro atoms. The van der Waals surface area contributed by atoms with Gasteiger partial charge in [0.25, 0.3) is 0 Å². The van der Waals surface area contributed by atoms with Gasteiger partial charge in [-0.3, -0.25) is 0 Å². The lowest BCUT2D eigenvalue weighted by Crippen LogP contribution is -2.32. The predicted octanol–water partition coefficient (Wildman–Crippen LogP) is 2.95. The summed E-state index contributed by atoms with van der Waals surface area (Å²) in [7, 11) is 1.82. The minimum atomic E-state index is -4.10. The van der Waals surface area contributed by atoms with Crippen molar-refractivity contribution in [3.63, 3.8) is 0 Å². The zero-order chi connectivity index (χ0) is 10.5. The Morgan fingerprint density at radius 2 is 2.00 bits per heavy atom. The summed E-state index contributed by atoms with van der Waals surface area (Å²) in [5, 5.41) is 0.778. The monoisotopic (exact) mass is 279 g/mol. The Morgan fingerprint density at radius 1 is 1.46 bits per heavy atom. The standard InChI is InChI=1S/C7H13BrF3NS/c1-6(5-8)12(2)3-4-13-7(9,10)11/h6H,3-5H2,1-2H3. The zero-order valence-corrected chi connectivity index (χ0v) is 9.97. The van der Waals surface area contributed by atoms with E-state index in [-0.39, 0.29) is 23.6 Å². The summed E-state index contributed by atoms with van der Waals surface area (Å²) in [6.45, 7) is 2.42. The van der Waals surface area contributed by atoms with Gasteiger partial charge in [-0.2, -0.15) is 13.2 Å². The first kappa shape index (κ1) is 13.6. The molecule has 0 aromatic heterocycles. The topological polar surface area (TPSA) is 3.24 Å². The fraction of sp³-hybridized carbons (Fsp3) is 1.00. The van der Waals surface area contributed by atoms with Crippen LogP contribution in [0.2, 0.25) is 0 Å². The smallest absolute Gasteiger partial charge is 0.302 e. The molecule has 1 nitrogen and oxygen atoms in total. The molecular formula is C7H13BrF3NS. The Morgan fingerprint density at radius 3 is 2.38 bits per heavy atom. The molecule has 0 aliphatic rings. The van der Waals surface area contributed by atoms with Gasteiger partial charge in [0.15, 0.2) is 0 Å². The Kier molecular flexibility index (Phi) is 6.41. The van der Waals surface area contributed by atoms with Crippen molar-refractivity contribution in [2.45, 2.75) is 18.5 Å². The van der Waals surface area contributed by atoms with Crippen LogP contribution in [0.15, 0.2) is 0 Å². The van der Waals surface area contributed by atoms with E-state index in [1.165, 1.54) is 0 Å². The number of halogens is 4. The summed E-state index contributed by atoms with van der Waals surface area (Å²) >= 11 is 3.31. The molecule has 1 atom stereocenters. The summed E-state index contributed by atoms with van der Waals surface area (Å²) < 4.78 is 35.2. The molecule has 0 aliphatic carbocycles. The van der Waals surface area contributed by atoms with Crippen LogP contribution in [-0.2, 0) is 0 Å². The molecule has 0 amide bonds. The third kappa shape index (κ3) is 7.64. The average Bonchev–Trinajstić information content (AvgIpc) is 2.00. The molecule has 80 valence electrons. The van der Waals surface area contributed by atoms with Crippen molar-refractivity contribution < 1.29 is 13.2 Å². The molecule has 6 heteroatoms. The number of alkyl halides is 4. The van der Waals surface area contributed by atoms with Gasteiger partial charge in [-0.05, 0) is 25.7 Å². The average molecular weight is 280 g/mol. The minimum Gasteiger partial charge on any atom is -0.302 e. The Bertz CT molecular complexity index is 142. The van der Waals surface area contributed by atoms with Crippen molar-refractivity contribution >= 4 is 27.7 Å². The van der Waals surface area contributed by atoms with Gasteiger partial charge in [0, 0.05) is 23.7 Å². The normalized spacial score (nSPS) is 15.0. The second-order valence-electron chi connectivity index (χ2n) is 2.78. The molecule has 0 saturated heterocycles. The molecule has 0 rings (SSSR count). The highest BCUT2D eigenvalue weighted by molar-refractivity contribution is 9.09. The lowest BCUT2D eigenvalue weighted by atomic mass is 10.3. The summed E-state index contributed by atoms with van der Waals surface area (Å²) in [6, 6.07) is 0.272. The van der Waals surface area contributed by atoms with Gasteiger partial charge in [-0.15, -0.1) is 0 Å². The van der Waals surface area contributed by atoms with Crippen LogP contribution >= 0.6 is 27.7 Å². The van der Waals surface area contributed by atoms with Crippen LogP contribution in [0.4, 0.5) is 13.2 Å². The first-order chi connectivity index (χ1) is 5.87. The van der Waals surface area contributed by atoms with Crippen LogP contribution in [-0.4, -0.2) is 41.1 Å². The number of hydrogen-bond acceptors (Lipinski definition) is 2. The third-order valence-electron chi connectivity index (χ3n) is 1.69. The van der Waals surface area contributed by atoms with Gasteiger partial charge in [-0.1, -0.05) is 15.9 Å². The van der Waals surface area contributed by atoms with Crippen molar-refractivity contribution in [1.29, 1.82) is 0 Å². The van der Waals surface area contributed by atoms with Crippen molar-refractivity contribution in [1.82, 2.24) is 4.90 Å². The van der Waals surface area contributed by atoms with Crippen LogP contribution in [0, 0.1) is 0 Å². The van der Waals surface area contributed by atoms with Gasteiger partial charge in [0.05, 0.1) is 0 Å². The summed E-state index contributed by atoms with van der Waals surface area (Å²) in [5.74, 6) is 0.0946. The van der Waals surface area contributed by atoms with Gasteiger partial charge >= 0.3 is 5.51 Å². The Labute approximate surface area is 89.2 Å². The predicted molar refractivity (Wildman–Crippen MR) is 54.4 cm³/mol. The van der Waals surface area contributed by atoms with E-state index in [0.29, 0.717) is 6.54 Å². The van der Waals surface area contributed by atoms with E-state index in [1.54, 1.807) is 0 Å². The first-order valence-electron chi connectivity index (χ1n) is 3.83. The fourth-order valence-corrected chi connectivity index (χ4v) is 1.75. The van der Waals surface area contributed by atoms with E-state index in [1.807, 2.05) is 18.9 Å². The molecule has 0 radical (unpaired) electrons. The molecule has 0 bridgehead atoms. The molecule has 0 N–H and O–H groups in total. The molecule has 0 fully saturated rings. The molecule has 0 saturated carbocycles. The first-order valence-corrected chi connectivity index (χ1v) is 5.94. The highest BCUT2D eigenvalue weighted by Crippen LogP contribution is 2.29. The minimum absolute atomic E-state index is 0.0328. The molecule has 0 heterocycles. The summed E-state index contributed by atoms with van der Waals surface area (Å²) in [6.07, 6.45) is 0. The maximum absolute atomic E-state index is 11.7. The summed E-state index contributed by atoms with van der Waals surface area (Å²) in [4.78, 5) is 1.90. The number of nitrogens with zero attached hydrogens (tertiary/aromatic N) is 1. The Balaban J connectivity index is 3.53. The van der Waals surface area contributed by atoms with Crippen molar-refractivity contribution in [2.24, 2.45) is 0 Å². The largest absolute Gasteiger partial charge is 0.441 e. The second kappa shape index (κ2) is 6.14. The fourth-order valence-electron chi connectivity index (χ4n) is 0.644. The molecule has 1 unspecified atom stereocenters. The third-order valence-corrected chi connectivity index (χ3v) is 3.34. The maximum atomic E-state index is 11.7. The number of hydrogen-bond donors (Lipinski definition) is 0. The maximum Gasteiger partial charge on any atom is 0.441 e. The van der Waals surface area contributed by atoms with E-state index in [4.69, 9.17) is 0 Å². The van der Waals surface area contributed by atoms with Gasteiger partial charge in [0.1, 0.15) is 0 Å². The quantitative estimate of drug-likeness (QED) is 0.712. The molecule has 13 heavy (non-hydrogen) atoms. The Hall–Kier alpha value is 0.580. The van der Waals surface area contributed by atoms with E-state index < -0.39 is 5.51 Å². The lowest BCUT2D eigenvalue weighted by Gasteiger charge is -2.22. The lowest BCUT2D eigenvalue weighted by molar-refractivity contribution is -0.0328. The van der Waals surface area contributed by atoms with Crippen LogP contribution in [0.5, 0.6) is 0 Å². The van der Waals surface area contributed by atoms with Crippen molar-refractivity contribution in [3.8, 4) is 0 Å². The van der Waals surface area contributed by atoms with Crippen LogP contribution in [0.1, 0.15) is 6.92 Å². The SMILES string of the molecule is CC(CBr)N(C)CCSC(F)(F)F. The molecular weight excluding hydrogens is 267 g/mol. The van der Waals surface area contributed by atoms with E-state index in [0.717, 1.165) is 5.33 Å². The second-order valence-corrected chi connectivity index (χ2v) is 4.59. The van der Waals surface area contributed by atoms with Crippen molar-refractivity contribution in [3.05, 3.63) is 0 Å². The number of rotatable bonds is 5.